The van der Waals surface area contributed by atoms with Crippen molar-refractivity contribution >= 4 is 23.5 Å². The molecule has 0 aliphatic carbocycles. The first-order valence-electron chi connectivity index (χ1n) is 6.83. The number of hydrogen-bond donors (Lipinski definition) is 1. The van der Waals surface area contributed by atoms with Gasteiger partial charge >= 0.3 is 5.97 Å². The molecule has 0 spiro atoms. The first kappa shape index (κ1) is 16.0. The van der Waals surface area contributed by atoms with E-state index in [1.807, 2.05) is 30.3 Å². The number of benzene rings is 2. The molecule has 0 aromatic heterocycles. The smallest absolute Gasteiger partial charge is 0.326 e. The van der Waals surface area contributed by atoms with E-state index in [0.717, 1.165) is 5.56 Å². The van der Waals surface area contributed by atoms with E-state index in [-0.39, 0.29) is 6.54 Å². The second-order valence-corrected chi connectivity index (χ2v) is 5.32. The lowest BCUT2D eigenvalue weighted by Crippen LogP contribution is -2.42. The zero-order valence-electron chi connectivity index (χ0n) is 12.1. The van der Waals surface area contributed by atoms with Crippen LogP contribution in [0.25, 0.3) is 0 Å². The molecule has 2 aromatic rings. The SMILES string of the molecule is CC(C(=O)O)N(Cc1ccccc1)C(=O)c1ccccc1Cl. The van der Waals surface area contributed by atoms with Crippen molar-refractivity contribution in [1.82, 2.24) is 4.90 Å². The summed E-state index contributed by atoms with van der Waals surface area (Å²) >= 11 is 6.06. The Morgan fingerprint density at radius 3 is 2.27 bits per heavy atom. The molecule has 0 fully saturated rings. The minimum Gasteiger partial charge on any atom is -0.480 e. The van der Waals surface area contributed by atoms with E-state index in [9.17, 15) is 14.7 Å². The predicted octanol–water partition coefficient (Wildman–Crippen LogP) is 3.46. The molecule has 0 heterocycles. The van der Waals surface area contributed by atoms with E-state index in [0.29, 0.717) is 10.6 Å². The van der Waals surface area contributed by atoms with E-state index in [4.69, 9.17) is 11.6 Å². The van der Waals surface area contributed by atoms with Crippen LogP contribution in [-0.2, 0) is 11.3 Å². The van der Waals surface area contributed by atoms with Crippen molar-refractivity contribution in [3.8, 4) is 0 Å². The summed E-state index contributed by atoms with van der Waals surface area (Å²) < 4.78 is 0. The second-order valence-electron chi connectivity index (χ2n) is 4.91. The summed E-state index contributed by atoms with van der Waals surface area (Å²) in [5.74, 6) is -1.46. The molecule has 2 rings (SSSR count). The molecule has 4 nitrogen and oxygen atoms in total. The third-order valence-corrected chi connectivity index (χ3v) is 3.72. The highest BCUT2D eigenvalue weighted by Gasteiger charge is 2.27. The molecule has 2 aromatic carbocycles. The van der Waals surface area contributed by atoms with E-state index in [1.165, 1.54) is 11.8 Å². The van der Waals surface area contributed by atoms with Crippen LogP contribution in [-0.4, -0.2) is 27.9 Å². The van der Waals surface area contributed by atoms with Crippen LogP contribution in [0.1, 0.15) is 22.8 Å². The number of nitrogens with zero attached hydrogens (tertiary/aromatic N) is 1. The number of carbonyl (C=O) groups is 2. The lowest BCUT2D eigenvalue weighted by atomic mass is 10.1. The molecule has 1 amide bonds. The third-order valence-electron chi connectivity index (χ3n) is 3.39. The lowest BCUT2D eigenvalue weighted by Gasteiger charge is -2.27. The average Bonchev–Trinajstić information content (AvgIpc) is 2.52. The van der Waals surface area contributed by atoms with Crippen molar-refractivity contribution in [2.24, 2.45) is 0 Å². The first-order valence-corrected chi connectivity index (χ1v) is 7.20. The molecular formula is C17H16ClNO3. The molecule has 0 aliphatic rings. The zero-order valence-corrected chi connectivity index (χ0v) is 12.8. The molecule has 0 bridgehead atoms. The van der Waals surface area contributed by atoms with Crippen LogP contribution in [0.15, 0.2) is 54.6 Å². The largest absolute Gasteiger partial charge is 0.480 e. The average molecular weight is 318 g/mol. The highest BCUT2D eigenvalue weighted by Crippen LogP contribution is 2.20. The van der Waals surface area contributed by atoms with Crippen LogP contribution in [0.2, 0.25) is 5.02 Å². The normalized spacial score (nSPS) is 11.7. The van der Waals surface area contributed by atoms with Crippen molar-refractivity contribution in [3.05, 3.63) is 70.7 Å². The number of carbonyl (C=O) groups excluding carboxylic acids is 1. The van der Waals surface area contributed by atoms with E-state index >= 15 is 0 Å². The van der Waals surface area contributed by atoms with Gasteiger partial charge in [0.1, 0.15) is 6.04 Å². The Bertz CT molecular complexity index is 673. The predicted molar refractivity (Wildman–Crippen MR) is 84.9 cm³/mol. The Kier molecular flexibility index (Phi) is 5.17. The standard InChI is InChI=1S/C17H16ClNO3/c1-12(17(21)22)19(11-13-7-3-2-4-8-13)16(20)14-9-5-6-10-15(14)18/h2-10,12H,11H2,1H3,(H,21,22). The Balaban J connectivity index is 2.34. The minimum absolute atomic E-state index is 0.207. The molecule has 1 unspecified atom stereocenters. The van der Waals surface area contributed by atoms with Crippen LogP contribution in [0.5, 0.6) is 0 Å². The fourth-order valence-corrected chi connectivity index (χ4v) is 2.30. The van der Waals surface area contributed by atoms with Gasteiger partial charge in [-0.1, -0.05) is 54.1 Å². The first-order chi connectivity index (χ1) is 10.5. The summed E-state index contributed by atoms with van der Waals surface area (Å²) in [5.41, 5.74) is 1.16. The van der Waals surface area contributed by atoms with Gasteiger partial charge in [0.15, 0.2) is 0 Å². The number of carboxylic acid groups (broad SMARTS) is 1. The van der Waals surface area contributed by atoms with Crippen LogP contribution in [0.3, 0.4) is 0 Å². The summed E-state index contributed by atoms with van der Waals surface area (Å²) in [7, 11) is 0. The Labute approximate surface area is 133 Å². The summed E-state index contributed by atoms with van der Waals surface area (Å²) in [6.07, 6.45) is 0. The molecule has 0 saturated carbocycles. The molecule has 0 aliphatic heterocycles. The molecule has 0 saturated heterocycles. The van der Waals surface area contributed by atoms with Gasteiger partial charge in [-0.05, 0) is 24.6 Å². The fraction of sp³-hybridized carbons (Fsp3) is 0.176. The summed E-state index contributed by atoms with van der Waals surface area (Å²) in [5, 5.41) is 9.58. The highest BCUT2D eigenvalue weighted by molar-refractivity contribution is 6.33. The summed E-state index contributed by atoms with van der Waals surface area (Å²) in [4.78, 5) is 25.3. The molecular weight excluding hydrogens is 302 g/mol. The van der Waals surface area contributed by atoms with Gasteiger partial charge in [0.05, 0.1) is 10.6 Å². The highest BCUT2D eigenvalue weighted by atomic mass is 35.5. The molecule has 22 heavy (non-hydrogen) atoms. The van der Waals surface area contributed by atoms with Crippen molar-refractivity contribution < 1.29 is 14.7 Å². The molecule has 0 radical (unpaired) electrons. The molecule has 1 N–H and O–H groups in total. The number of amides is 1. The number of aliphatic carboxylic acids is 1. The Morgan fingerprint density at radius 1 is 1.09 bits per heavy atom. The maximum atomic E-state index is 12.7. The van der Waals surface area contributed by atoms with Gasteiger partial charge in [0.25, 0.3) is 5.91 Å². The monoisotopic (exact) mass is 317 g/mol. The van der Waals surface area contributed by atoms with Gasteiger partial charge in [0, 0.05) is 6.54 Å². The Morgan fingerprint density at radius 2 is 1.68 bits per heavy atom. The van der Waals surface area contributed by atoms with E-state index in [2.05, 4.69) is 0 Å². The third kappa shape index (κ3) is 3.65. The van der Waals surface area contributed by atoms with Gasteiger partial charge in [-0.3, -0.25) is 4.79 Å². The van der Waals surface area contributed by atoms with Crippen LogP contribution in [0.4, 0.5) is 0 Å². The molecule has 1 atom stereocenters. The molecule has 5 heteroatoms. The Hall–Kier alpha value is -2.33. The summed E-state index contributed by atoms with van der Waals surface area (Å²) in [6, 6.07) is 14.9. The fourth-order valence-electron chi connectivity index (χ4n) is 2.09. The van der Waals surface area contributed by atoms with Crippen LogP contribution < -0.4 is 0 Å². The number of hydrogen-bond acceptors (Lipinski definition) is 2. The maximum Gasteiger partial charge on any atom is 0.326 e. The number of carboxylic acids is 1. The maximum absolute atomic E-state index is 12.7. The van der Waals surface area contributed by atoms with Gasteiger partial charge in [-0.2, -0.15) is 0 Å². The minimum atomic E-state index is -1.06. The van der Waals surface area contributed by atoms with Crippen molar-refractivity contribution in [2.75, 3.05) is 0 Å². The summed E-state index contributed by atoms with van der Waals surface area (Å²) in [6.45, 7) is 1.69. The van der Waals surface area contributed by atoms with Gasteiger partial charge < -0.3 is 10.0 Å². The second kappa shape index (κ2) is 7.09. The topological polar surface area (TPSA) is 57.6 Å². The van der Waals surface area contributed by atoms with Crippen LogP contribution >= 0.6 is 11.6 Å². The zero-order chi connectivity index (χ0) is 16.1. The van der Waals surface area contributed by atoms with Crippen molar-refractivity contribution in [2.45, 2.75) is 19.5 Å². The van der Waals surface area contributed by atoms with Crippen molar-refractivity contribution in [3.63, 3.8) is 0 Å². The molecule has 114 valence electrons. The van der Waals surface area contributed by atoms with Gasteiger partial charge in [-0.25, -0.2) is 4.79 Å². The van der Waals surface area contributed by atoms with E-state index in [1.54, 1.807) is 24.3 Å². The van der Waals surface area contributed by atoms with Crippen molar-refractivity contribution in [1.29, 1.82) is 0 Å². The van der Waals surface area contributed by atoms with Gasteiger partial charge in [0.2, 0.25) is 0 Å². The van der Waals surface area contributed by atoms with E-state index < -0.39 is 17.9 Å². The number of rotatable bonds is 5. The lowest BCUT2D eigenvalue weighted by molar-refractivity contribution is -0.141. The van der Waals surface area contributed by atoms with Crippen LogP contribution in [0, 0.1) is 0 Å². The quantitative estimate of drug-likeness (QED) is 0.918. The van der Waals surface area contributed by atoms with Gasteiger partial charge in [-0.15, -0.1) is 0 Å². The number of halogens is 1.